The van der Waals surface area contributed by atoms with Gasteiger partial charge >= 0.3 is 0 Å². The van der Waals surface area contributed by atoms with E-state index in [9.17, 15) is 0 Å². The SMILES string of the molecule is CCCCN.Oc1ccccc1. The van der Waals surface area contributed by atoms with Gasteiger partial charge in [0.2, 0.25) is 0 Å². The Kier molecular flexibility index (Phi) is 7.39. The largest absolute Gasteiger partial charge is 0.508 e. The van der Waals surface area contributed by atoms with Crippen molar-refractivity contribution >= 4 is 0 Å². The summed E-state index contributed by atoms with van der Waals surface area (Å²) in [6.07, 6.45) is 2.39. The highest BCUT2D eigenvalue weighted by Crippen LogP contribution is 2.02. The fourth-order valence-corrected chi connectivity index (χ4v) is 0.632. The molecule has 0 atom stereocenters. The first-order chi connectivity index (χ1) is 5.81. The monoisotopic (exact) mass is 167 g/mol. The standard InChI is InChI=1S/C6H6O.C4H11N/c7-6-4-2-1-3-5-6;1-2-3-4-5/h1-5,7H;2-5H2,1H3. The molecule has 2 nitrogen and oxygen atoms in total. The summed E-state index contributed by atoms with van der Waals surface area (Å²) in [6, 6.07) is 8.71. The molecule has 0 aliphatic carbocycles. The Morgan fingerprint density at radius 3 is 2.00 bits per heavy atom. The van der Waals surface area contributed by atoms with Crippen molar-refractivity contribution < 1.29 is 5.11 Å². The molecule has 0 unspecified atom stereocenters. The van der Waals surface area contributed by atoms with Crippen LogP contribution < -0.4 is 5.73 Å². The molecule has 0 bridgehead atoms. The van der Waals surface area contributed by atoms with Gasteiger partial charge in [0, 0.05) is 0 Å². The molecule has 0 aliphatic heterocycles. The molecule has 1 aromatic carbocycles. The summed E-state index contributed by atoms with van der Waals surface area (Å²) in [5.74, 6) is 0.322. The lowest BCUT2D eigenvalue weighted by Gasteiger charge is -1.82. The normalized spacial score (nSPS) is 8.50. The highest BCUT2D eigenvalue weighted by Gasteiger charge is 1.74. The Balaban J connectivity index is 0.000000217. The first-order valence-electron chi connectivity index (χ1n) is 4.25. The van der Waals surface area contributed by atoms with Crippen LogP contribution in [0.1, 0.15) is 19.8 Å². The second kappa shape index (κ2) is 8.08. The topological polar surface area (TPSA) is 46.2 Å². The number of phenols is 1. The van der Waals surface area contributed by atoms with Crippen LogP contribution in [0.4, 0.5) is 0 Å². The minimum absolute atomic E-state index is 0.322. The summed E-state index contributed by atoms with van der Waals surface area (Å²) >= 11 is 0. The summed E-state index contributed by atoms with van der Waals surface area (Å²) < 4.78 is 0. The summed E-state index contributed by atoms with van der Waals surface area (Å²) in [7, 11) is 0. The number of unbranched alkanes of at least 4 members (excludes halogenated alkanes) is 1. The van der Waals surface area contributed by atoms with Crippen LogP contribution in [0.5, 0.6) is 5.75 Å². The Morgan fingerprint density at radius 2 is 1.83 bits per heavy atom. The molecule has 12 heavy (non-hydrogen) atoms. The van der Waals surface area contributed by atoms with E-state index in [-0.39, 0.29) is 0 Å². The Hall–Kier alpha value is -1.02. The van der Waals surface area contributed by atoms with Crippen LogP contribution in [0.3, 0.4) is 0 Å². The maximum Gasteiger partial charge on any atom is 0.115 e. The van der Waals surface area contributed by atoms with Crippen LogP contribution in [0, 0.1) is 0 Å². The van der Waals surface area contributed by atoms with Gasteiger partial charge in [0.1, 0.15) is 5.75 Å². The van der Waals surface area contributed by atoms with E-state index in [4.69, 9.17) is 10.8 Å². The summed E-state index contributed by atoms with van der Waals surface area (Å²) in [5.41, 5.74) is 5.14. The van der Waals surface area contributed by atoms with Crippen LogP contribution in [-0.2, 0) is 0 Å². The number of para-hydroxylation sites is 1. The molecule has 1 aromatic rings. The minimum Gasteiger partial charge on any atom is -0.508 e. The molecular formula is C10H17NO. The number of phenolic OH excluding ortho intramolecular Hbond substituents is 1. The summed E-state index contributed by atoms with van der Waals surface area (Å²) in [6.45, 7) is 2.98. The smallest absolute Gasteiger partial charge is 0.115 e. The lowest BCUT2D eigenvalue weighted by Crippen LogP contribution is -1.95. The first kappa shape index (κ1) is 11.0. The third kappa shape index (κ3) is 7.09. The molecule has 1 rings (SSSR count). The zero-order valence-corrected chi connectivity index (χ0v) is 7.53. The zero-order valence-electron chi connectivity index (χ0n) is 7.53. The van der Waals surface area contributed by atoms with Gasteiger partial charge in [-0.3, -0.25) is 0 Å². The van der Waals surface area contributed by atoms with Gasteiger partial charge in [-0.1, -0.05) is 31.5 Å². The predicted octanol–water partition coefficient (Wildman–Crippen LogP) is 2.14. The molecule has 0 aromatic heterocycles. The molecule has 0 saturated carbocycles. The van der Waals surface area contributed by atoms with Crippen LogP contribution >= 0.6 is 0 Å². The van der Waals surface area contributed by atoms with Crippen molar-refractivity contribution in [2.75, 3.05) is 6.54 Å². The van der Waals surface area contributed by atoms with Crippen molar-refractivity contribution in [3.63, 3.8) is 0 Å². The fourth-order valence-electron chi connectivity index (χ4n) is 0.632. The van der Waals surface area contributed by atoms with Crippen LogP contribution in [-0.4, -0.2) is 11.7 Å². The lowest BCUT2D eigenvalue weighted by atomic mass is 10.3. The third-order valence-electron chi connectivity index (χ3n) is 1.31. The van der Waals surface area contributed by atoms with E-state index in [1.54, 1.807) is 24.3 Å². The van der Waals surface area contributed by atoms with Gasteiger partial charge in [-0.05, 0) is 25.1 Å². The Labute approximate surface area is 74.0 Å². The molecule has 3 N–H and O–H groups in total. The van der Waals surface area contributed by atoms with Gasteiger partial charge in [-0.2, -0.15) is 0 Å². The molecule has 0 amide bonds. The zero-order chi connectivity index (χ0) is 9.23. The molecule has 0 aliphatic rings. The molecule has 0 heterocycles. The van der Waals surface area contributed by atoms with E-state index in [0.29, 0.717) is 5.75 Å². The number of aromatic hydroxyl groups is 1. The van der Waals surface area contributed by atoms with Gasteiger partial charge in [0.15, 0.2) is 0 Å². The number of nitrogens with two attached hydrogens (primary N) is 1. The van der Waals surface area contributed by atoms with Crippen molar-refractivity contribution in [2.45, 2.75) is 19.8 Å². The van der Waals surface area contributed by atoms with E-state index in [2.05, 4.69) is 6.92 Å². The number of hydrogen-bond acceptors (Lipinski definition) is 2. The quantitative estimate of drug-likeness (QED) is 0.708. The first-order valence-corrected chi connectivity index (χ1v) is 4.25. The molecule has 68 valence electrons. The van der Waals surface area contributed by atoms with Crippen molar-refractivity contribution in [2.24, 2.45) is 5.73 Å². The number of rotatable bonds is 2. The van der Waals surface area contributed by atoms with E-state index < -0.39 is 0 Å². The van der Waals surface area contributed by atoms with Gasteiger partial charge in [-0.25, -0.2) is 0 Å². The molecule has 0 radical (unpaired) electrons. The predicted molar refractivity (Wildman–Crippen MR) is 52.1 cm³/mol. The highest BCUT2D eigenvalue weighted by molar-refractivity contribution is 5.18. The molecule has 0 fully saturated rings. The van der Waals surface area contributed by atoms with Crippen LogP contribution in [0.25, 0.3) is 0 Å². The number of hydrogen-bond donors (Lipinski definition) is 2. The average Bonchev–Trinajstić information content (AvgIpc) is 2.08. The van der Waals surface area contributed by atoms with Crippen molar-refractivity contribution in [3.05, 3.63) is 30.3 Å². The Bertz CT molecular complexity index is 172. The molecule has 0 spiro atoms. The average molecular weight is 167 g/mol. The van der Waals surface area contributed by atoms with E-state index in [1.807, 2.05) is 6.07 Å². The van der Waals surface area contributed by atoms with Crippen LogP contribution in [0.15, 0.2) is 30.3 Å². The van der Waals surface area contributed by atoms with Crippen molar-refractivity contribution in [3.8, 4) is 5.75 Å². The fraction of sp³-hybridized carbons (Fsp3) is 0.400. The van der Waals surface area contributed by atoms with Crippen LogP contribution in [0.2, 0.25) is 0 Å². The van der Waals surface area contributed by atoms with E-state index >= 15 is 0 Å². The maximum absolute atomic E-state index is 8.63. The third-order valence-corrected chi connectivity index (χ3v) is 1.31. The summed E-state index contributed by atoms with van der Waals surface area (Å²) in [5, 5.41) is 8.63. The molecular weight excluding hydrogens is 150 g/mol. The lowest BCUT2D eigenvalue weighted by molar-refractivity contribution is 0.475. The molecule has 0 saturated heterocycles. The minimum atomic E-state index is 0.322. The van der Waals surface area contributed by atoms with Crippen molar-refractivity contribution in [1.29, 1.82) is 0 Å². The van der Waals surface area contributed by atoms with E-state index in [0.717, 1.165) is 6.54 Å². The second-order valence-corrected chi connectivity index (χ2v) is 2.48. The summed E-state index contributed by atoms with van der Waals surface area (Å²) in [4.78, 5) is 0. The number of benzene rings is 1. The highest BCUT2D eigenvalue weighted by atomic mass is 16.3. The van der Waals surface area contributed by atoms with E-state index in [1.165, 1.54) is 12.8 Å². The van der Waals surface area contributed by atoms with Gasteiger partial charge in [0.05, 0.1) is 0 Å². The Morgan fingerprint density at radius 1 is 1.25 bits per heavy atom. The second-order valence-electron chi connectivity index (χ2n) is 2.48. The van der Waals surface area contributed by atoms with Gasteiger partial charge in [0.25, 0.3) is 0 Å². The van der Waals surface area contributed by atoms with Gasteiger partial charge < -0.3 is 10.8 Å². The maximum atomic E-state index is 8.63. The van der Waals surface area contributed by atoms with Gasteiger partial charge in [-0.15, -0.1) is 0 Å². The van der Waals surface area contributed by atoms with Crippen molar-refractivity contribution in [1.82, 2.24) is 0 Å². The molecule has 2 heteroatoms.